The number of hydrogen-bond acceptors (Lipinski definition) is 5. The van der Waals surface area contributed by atoms with Crippen LogP contribution in [0.25, 0.3) is 0 Å². The monoisotopic (exact) mass is 419 g/mol. The van der Waals surface area contributed by atoms with Gasteiger partial charge in [-0.2, -0.15) is 0 Å². The van der Waals surface area contributed by atoms with Crippen molar-refractivity contribution in [3.8, 4) is 11.5 Å². The first-order valence-corrected chi connectivity index (χ1v) is 9.86. The maximum atomic E-state index is 12.5. The fraction of sp³-hybridized carbons (Fsp3) is 0.200. The van der Waals surface area contributed by atoms with E-state index < -0.39 is 5.97 Å². The van der Waals surface area contributed by atoms with Crippen LogP contribution in [-0.2, 0) is 20.7 Å². The molecule has 6 nitrogen and oxygen atoms in total. The van der Waals surface area contributed by atoms with E-state index in [4.69, 9.17) is 14.2 Å². The van der Waals surface area contributed by atoms with Gasteiger partial charge in [0, 0.05) is 0 Å². The molecular weight excluding hydrogens is 394 g/mol. The molecule has 0 aliphatic carbocycles. The molecular formula is C25H25NO5. The van der Waals surface area contributed by atoms with Gasteiger partial charge in [0.05, 0.1) is 26.7 Å². The molecule has 0 aliphatic rings. The second-order valence-electron chi connectivity index (χ2n) is 6.87. The summed E-state index contributed by atoms with van der Waals surface area (Å²) in [5, 5.41) is 2.95. The average Bonchev–Trinajstić information content (AvgIpc) is 2.82. The number of benzene rings is 3. The quantitative estimate of drug-likeness (QED) is 0.536. The Kier molecular flexibility index (Phi) is 7.65. The minimum absolute atomic E-state index is 0.0606. The van der Waals surface area contributed by atoms with Crippen molar-refractivity contribution in [1.82, 2.24) is 5.32 Å². The highest BCUT2D eigenvalue weighted by Crippen LogP contribution is 2.24. The molecule has 3 aromatic carbocycles. The zero-order valence-corrected chi connectivity index (χ0v) is 17.5. The maximum Gasteiger partial charge on any atom is 0.310 e. The van der Waals surface area contributed by atoms with Crippen LogP contribution in [0.15, 0.2) is 78.9 Å². The number of esters is 1. The van der Waals surface area contributed by atoms with Gasteiger partial charge in [-0.1, -0.05) is 54.6 Å². The van der Waals surface area contributed by atoms with Crippen molar-refractivity contribution in [1.29, 1.82) is 0 Å². The van der Waals surface area contributed by atoms with E-state index in [1.54, 1.807) is 38.5 Å². The Hall–Kier alpha value is -3.80. The van der Waals surface area contributed by atoms with E-state index in [1.165, 1.54) is 0 Å². The van der Waals surface area contributed by atoms with E-state index in [0.717, 1.165) is 22.4 Å². The molecule has 6 heteroatoms. The van der Waals surface area contributed by atoms with Crippen molar-refractivity contribution in [3.63, 3.8) is 0 Å². The highest BCUT2D eigenvalue weighted by Gasteiger charge is 2.18. The summed E-state index contributed by atoms with van der Waals surface area (Å²) in [5.74, 6) is 0.523. The summed E-state index contributed by atoms with van der Waals surface area (Å²) < 4.78 is 15.5. The summed E-state index contributed by atoms with van der Waals surface area (Å²) in [6.45, 7) is -0.359. The molecule has 160 valence electrons. The van der Waals surface area contributed by atoms with E-state index in [2.05, 4.69) is 5.32 Å². The molecule has 0 heterocycles. The summed E-state index contributed by atoms with van der Waals surface area (Å²) in [6, 6.07) is 23.8. The number of hydrogen-bond donors (Lipinski definition) is 1. The predicted octanol–water partition coefficient (Wildman–Crippen LogP) is 3.70. The van der Waals surface area contributed by atoms with Crippen LogP contribution in [0.3, 0.4) is 0 Å². The minimum Gasteiger partial charge on any atom is -0.497 e. The summed E-state index contributed by atoms with van der Waals surface area (Å²) in [5.41, 5.74) is 2.57. The first kappa shape index (κ1) is 21.9. The van der Waals surface area contributed by atoms with Crippen LogP contribution in [-0.4, -0.2) is 32.7 Å². The summed E-state index contributed by atoms with van der Waals surface area (Å²) >= 11 is 0. The molecule has 0 fully saturated rings. The van der Waals surface area contributed by atoms with Gasteiger partial charge in [0.1, 0.15) is 11.5 Å². The summed E-state index contributed by atoms with van der Waals surface area (Å²) in [6.07, 6.45) is 0.0606. The van der Waals surface area contributed by atoms with Crippen LogP contribution in [0.2, 0.25) is 0 Å². The van der Waals surface area contributed by atoms with Crippen LogP contribution in [0, 0.1) is 0 Å². The Balaban J connectivity index is 1.62. The number of carbonyl (C=O) groups excluding carboxylic acids is 2. The third kappa shape index (κ3) is 6.34. The second kappa shape index (κ2) is 10.8. The predicted molar refractivity (Wildman–Crippen MR) is 117 cm³/mol. The van der Waals surface area contributed by atoms with E-state index >= 15 is 0 Å². The van der Waals surface area contributed by atoms with E-state index in [1.807, 2.05) is 54.6 Å². The number of methoxy groups -OCH3 is 2. The molecule has 0 spiro atoms. The molecule has 3 rings (SSSR count). The molecule has 0 bridgehead atoms. The minimum atomic E-state index is -0.482. The number of carbonyl (C=O) groups is 2. The van der Waals surface area contributed by atoms with Crippen molar-refractivity contribution >= 4 is 11.9 Å². The van der Waals surface area contributed by atoms with Gasteiger partial charge in [-0.25, -0.2) is 0 Å². The van der Waals surface area contributed by atoms with E-state index in [-0.39, 0.29) is 25.0 Å². The van der Waals surface area contributed by atoms with Crippen LogP contribution < -0.4 is 14.8 Å². The molecule has 0 aliphatic heterocycles. The third-order valence-corrected chi connectivity index (χ3v) is 4.73. The standard InChI is InChI=1S/C25H25NO5/c1-29-21-13-11-20(12-14-21)25(19-8-4-3-5-9-19)26-23(27)17-31-24(28)16-18-7-6-10-22(15-18)30-2/h3-15,25H,16-17H2,1-2H3,(H,26,27)/t25-/m0/s1. The Labute approximate surface area is 181 Å². The van der Waals surface area contributed by atoms with Gasteiger partial charge in [0.15, 0.2) is 6.61 Å². The maximum absolute atomic E-state index is 12.5. The third-order valence-electron chi connectivity index (χ3n) is 4.73. The van der Waals surface area contributed by atoms with Crippen molar-refractivity contribution < 1.29 is 23.8 Å². The van der Waals surface area contributed by atoms with Crippen LogP contribution in [0.5, 0.6) is 11.5 Å². The lowest BCUT2D eigenvalue weighted by Crippen LogP contribution is -2.33. The smallest absolute Gasteiger partial charge is 0.310 e. The van der Waals surface area contributed by atoms with Gasteiger partial charge >= 0.3 is 5.97 Å². The molecule has 31 heavy (non-hydrogen) atoms. The first-order chi connectivity index (χ1) is 15.1. The lowest BCUT2D eigenvalue weighted by atomic mass is 9.98. The molecule has 0 saturated heterocycles. The molecule has 0 saturated carbocycles. The SMILES string of the molecule is COc1ccc([C@@H](NC(=O)COC(=O)Cc2cccc(OC)c2)c2ccccc2)cc1. The molecule has 1 amide bonds. The van der Waals surface area contributed by atoms with Gasteiger partial charge < -0.3 is 19.5 Å². The van der Waals surface area contributed by atoms with Gasteiger partial charge in [-0.15, -0.1) is 0 Å². The Morgan fingerprint density at radius 1 is 0.806 bits per heavy atom. The average molecular weight is 419 g/mol. The van der Waals surface area contributed by atoms with Crippen molar-refractivity contribution in [2.45, 2.75) is 12.5 Å². The van der Waals surface area contributed by atoms with Crippen LogP contribution in [0.4, 0.5) is 0 Å². The number of rotatable bonds is 9. The lowest BCUT2D eigenvalue weighted by molar-refractivity contribution is -0.148. The van der Waals surface area contributed by atoms with E-state index in [9.17, 15) is 9.59 Å². The highest BCUT2D eigenvalue weighted by molar-refractivity contribution is 5.82. The number of nitrogens with one attached hydrogen (secondary N) is 1. The number of ether oxygens (including phenoxy) is 3. The number of amides is 1. The summed E-state index contributed by atoms with van der Waals surface area (Å²) in [7, 11) is 3.17. The van der Waals surface area contributed by atoms with Gasteiger partial charge in [-0.05, 0) is 41.0 Å². The van der Waals surface area contributed by atoms with Gasteiger partial charge in [0.2, 0.25) is 0 Å². The van der Waals surface area contributed by atoms with E-state index in [0.29, 0.717) is 5.75 Å². The molecule has 0 unspecified atom stereocenters. The lowest BCUT2D eigenvalue weighted by Gasteiger charge is -2.20. The largest absolute Gasteiger partial charge is 0.497 e. The Bertz CT molecular complexity index is 1000. The molecule has 0 radical (unpaired) electrons. The summed E-state index contributed by atoms with van der Waals surface area (Å²) in [4.78, 5) is 24.7. The fourth-order valence-electron chi connectivity index (χ4n) is 3.15. The van der Waals surface area contributed by atoms with Crippen molar-refractivity contribution in [2.24, 2.45) is 0 Å². The zero-order valence-electron chi connectivity index (χ0n) is 17.5. The van der Waals surface area contributed by atoms with Crippen molar-refractivity contribution in [2.75, 3.05) is 20.8 Å². The Morgan fingerprint density at radius 2 is 1.48 bits per heavy atom. The molecule has 3 aromatic rings. The highest BCUT2D eigenvalue weighted by atomic mass is 16.5. The topological polar surface area (TPSA) is 73.9 Å². The second-order valence-corrected chi connectivity index (χ2v) is 6.87. The van der Waals surface area contributed by atoms with Crippen molar-refractivity contribution in [3.05, 3.63) is 95.6 Å². The van der Waals surface area contributed by atoms with Gasteiger partial charge in [0.25, 0.3) is 5.91 Å². The normalized spacial score (nSPS) is 11.3. The van der Waals surface area contributed by atoms with Crippen LogP contribution in [0.1, 0.15) is 22.7 Å². The van der Waals surface area contributed by atoms with Crippen LogP contribution >= 0.6 is 0 Å². The first-order valence-electron chi connectivity index (χ1n) is 9.86. The Morgan fingerprint density at radius 3 is 2.16 bits per heavy atom. The molecule has 0 aromatic heterocycles. The van der Waals surface area contributed by atoms with Gasteiger partial charge in [-0.3, -0.25) is 9.59 Å². The molecule has 1 atom stereocenters. The zero-order chi connectivity index (χ0) is 22.1. The fourth-order valence-corrected chi connectivity index (χ4v) is 3.15. The molecule has 1 N–H and O–H groups in total.